The third-order valence-corrected chi connectivity index (χ3v) is 21.6. The van der Waals surface area contributed by atoms with E-state index in [2.05, 4.69) is 297 Å². The van der Waals surface area contributed by atoms with Crippen LogP contribution in [-0.4, -0.2) is 24.1 Å². The number of benzene rings is 11. The lowest BCUT2D eigenvalue weighted by atomic mass is 9.79. The number of rotatable bonds is 7. The molecule has 0 radical (unpaired) electrons. The molecule has 0 saturated carbocycles. The van der Waals surface area contributed by atoms with Crippen molar-refractivity contribution in [3.05, 3.63) is 252 Å². The summed E-state index contributed by atoms with van der Waals surface area (Å²) < 4.78 is 10.1. The van der Waals surface area contributed by atoms with E-state index in [0.29, 0.717) is 23.2 Å². The van der Waals surface area contributed by atoms with E-state index in [9.17, 15) is 0 Å². The van der Waals surface area contributed by atoms with Crippen LogP contribution in [0.1, 0.15) is 105 Å². The SMILES string of the molecule is [C-]#[N+]c1cccc(-c2ccc(-n3c4ccccc4c4c5sc6ccccc6c5ccc43)c(-c3cc(-c4nc(-c5cc(C(C)(C)C)cc(C(C)(C)C)c5)nc(-c5cc(C(C)(C)C)cc(C(C)(C)C)c5)n4)ccc3-n3c4ccccc4c4c5sc6ccccc6c5ccc43)c2)c1. The molecule has 0 saturated heterocycles. The minimum absolute atomic E-state index is 0.151. The Morgan fingerprint density at radius 2 is 0.702 bits per heavy atom. The van der Waals surface area contributed by atoms with Gasteiger partial charge in [-0.05, 0) is 152 Å². The fraction of sp³-hybridized carbons (Fsp3) is 0.186. The normalized spacial score (nSPS) is 12.7. The predicted molar refractivity (Wildman–Crippen MR) is 403 cm³/mol. The molecule has 0 aliphatic heterocycles. The average Bonchev–Trinajstić information content (AvgIpc) is 1.55. The molecule has 0 atom stereocenters. The van der Waals surface area contributed by atoms with Crippen LogP contribution in [-0.2, 0) is 21.7 Å². The fourth-order valence-electron chi connectivity index (χ4n) is 14.0. The van der Waals surface area contributed by atoms with E-state index in [4.69, 9.17) is 21.5 Å². The van der Waals surface area contributed by atoms with Crippen molar-refractivity contribution in [2.24, 2.45) is 0 Å². The number of fused-ring (bicyclic) bond motifs is 14. The van der Waals surface area contributed by atoms with Crippen LogP contribution in [0, 0.1) is 6.57 Å². The summed E-state index contributed by atoms with van der Waals surface area (Å²) in [4.78, 5) is 20.9. The summed E-state index contributed by atoms with van der Waals surface area (Å²) >= 11 is 3.74. The minimum Gasteiger partial charge on any atom is -0.309 e. The van der Waals surface area contributed by atoms with Crippen molar-refractivity contribution in [1.82, 2.24) is 24.1 Å². The summed E-state index contributed by atoms with van der Waals surface area (Å²) in [6.07, 6.45) is 0. The van der Waals surface area contributed by atoms with Gasteiger partial charge in [-0.2, -0.15) is 0 Å². The van der Waals surface area contributed by atoms with Gasteiger partial charge < -0.3 is 9.13 Å². The van der Waals surface area contributed by atoms with Crippen molar-refractivity contribution < 1.29 is 0 Å². The van der Waals surface area contributed by atoms with E-state index in [1.165, 1.54) is 84.1 Å². The van der Waals surface area contributed by atoms with Crippen LogP contribution in [0.3, 0.4) is 0 Å². The number of nitrogens with zero attached hydrogens (tertiary/aromatic N) is 6. The molecule has 0 aliphatic rings. The monoisotopic (exact) mass is 1250 g/mol. The van der Waals surface area contributed by atoms with Gasteiger partial charge in [0.1, 0.15) is 0 Å². The molecule has 11 aromatic carbocycles. The Labute approximate surface area is 557 Å². The lowest BCUT2D eigenvalue weighted by molar-refractivity contribution is 0.568. The second-order valence-electron chi connectivity index (χ2n) is 29.6. The quantitative estimate of drug-likeness (QED) is 0.149. The molecule has 0 unspecified atom stereocenters. The maximum Gasteiger partial charge on any atom is 0.187 e. The molecule has 6 nitrogen and oxygen atoms in total. The zero-order chi connectivity index (χ0) is 64.9. The predicted octanol–water partition coefficient (Wildman–Crippen LogP) is 24.9. The van der Waals surface area contributed by atoms with Gasteiger partial charge in [-0.25, -0.2) is 19.8 Å². The molecule has 0 spiro atoms. The van der Waals surface area contributed by atoms with Gasteiger partial charge in [-0.15, -0.1) is 22.7 Å². The van der Waals surface area contributed by atoms with Gasteiger partial charge in [0.05, 0.1) is 40.0 Å². The van der Waals surface area contributed by atoms with Crippen LogP contribution in [0.5, 0.6) is 0 Å². The summed E-state index contributed by atoms with van der Waals surface area (Å²) in [5.74, 6) is 1.82. The van der Waals surface area contributed by atoms with Crippen molar-refractivity contribution in [2.45, 2.75) is 105 Å². The van der Waals surface area contributed by atoms with Gasteiger partial charge in [0, 0.05) is 89.7 Å². The molecular formula is C86H72N6S2. The Balaban J connectivity index is 1.05. The molecule has 0 bridgehead atoms. The smallest absolute Gasteiger partial charge is 0.187 e. The molecule has 0 aliphatic carbocycles. The first-order chi connectivity index (χ1) is 45.0. The van der Waals surface area contributed by atoms with Gasteiger partial charge in [0.25, 0.3) is 0 Å². The topological polar surface area (TPSA) is 52.9 Å². The molecule has 458 valence electrons. The zero-order valence-corrected chi connectivity index (χ0v) is 56.9. The fourth-order valence-corrected chi connectivity index (χ4v) is 16.5. The van der Waals surface area contributed by atoms with E-state index in [0.717, 1.165) is 72.4 Å². The van der Waals surface area contributed by atoms with Crippen LogP contribution < -0.4 is 0 Å². The van der Waals surface area contributed by atoms with E-state index < -0.39 is 0 Å². The molecule has 5 heterocycles. The first kappa shape index (κ1) is 59.0. The maximum atomic E-state index is 8.18. The summed E-state index contributed by atoms with van der Waals surface area (Å²) in [7, 11) is 0. The molecular weight excluding hydrogens is 1180 g/mol. The minimum atomic E-state index is -0.151. The maximum absolute atomic E-state index is 8.18. The van der Waals surface area contributed by atoms with Crippen LogP contribution >= 0.6 is 22.7 Å². The van der Waals surface area contributed by atoms with E-state index >= 15 is 0 Å². The first-order valence-electron chi connectivity index (χ1n) is 32.6. The number of hydrogen-bond donors (Lipinski definition) is 0. The van der Waals surface area contributed by atoms with Crippen molar-refractivity contribution in [3.63, 3.8) is 0 Å². The number of thiophene rings is 2. The standard InChI is InChI=1S/C86H72N6S2/c1-83(2,3)55-41-53(42-56(48-55)84(4,5)6)81-88-80(89-82(90-81)54-43-57(85(7,8)9)49-58(44-54)86(10,11)12)52-34-38-71(92-69-30-19-15-28-65(69)77-73(92)40-36-63-61-26-17-21-32-75(61)94-79(63)77)67(47-52)66-46-51(50-23-22-24-59(45-50)87-13)33-37-70(66)91-68-29-18-14-27-64(68)76-72(91)39-35-62-60-25-16-20-31-74(60)93-78(62)76/h14-49H,1-12H3. The van der Waals surface area contributed by atoms with E-state index in [1.807, 2.05) is 40.9 Å². The Kier molecular flexibility index (Phi) is 13.5. The van der Waals surface area contributed by atoms with Gasteiger partial charge in [-0.3, -0.25) is 0 Å². The highest BCUT2D eigenvalue weighted by atomic mass is 32.1. The second kappa shape index (κ2) is 21.5. The Morgan fingerprint density at radius 1 is 0.319 bits per heavy atom. The van der Waals surface area contributed by atoms with E-state index in [1.54, 1.807) is 0 Å². The van der Waals surface area contributed by atoms with Crippen LogP contribution in [0.25, 0.3) is 157 Å². The number of aromatic nitrogens is 5. The Hall–Kier alpha value is -10.0. The Morgan fingerprint density at radius 3 is 1.14 bits per heavy atom. The van der Waals surface area contributed by atoms with Crippen molar-refractivity contribution in [1.29, 1.82) is 0 Å². The largest absolute Gasteiger partial charge is 0.309 e. The van der Waals surface area contributed by atoms with E-state index in [-0.39, 0.29) is 21.7 Å². The summed E-state index contributed by atoms with van der Waals surface area (Å²) in [6, 6.07) is 80.5. The Bertz CT molecular complexity index is 5710. The summed E-state index contributed by atoms with van der Waals surface area (Å²) in [5.41, 5.74) is 18.1. The molecule has 5 aromatic heterocycles. The van der Waals surface area contributed by atoms with Crippen molar-refractivity contribution in [2.75, 3.05) is 0 Å². The van der Waals surface area contributed by atoms with Crippen LogP contribution in [0.2, 0.25) is 0 Å². The molecule has 94 heavy (non-hydrogen) atoms. The molecule has 0 amide bonds. The molecule has 0 N–H and O–H groups in total. The molecule has 16 rings (SSSR count). The van der Waals surface area contributed by atoms with Gasteiger partial charge in [0.2, 0.25) is 0 Å². The number of para-hydroxylation sites is 2. The average molecular weight is 1250 g/mol. The zero-order valence-electron chi connectivity index (χ0n) is 55.3. The molecule has 16 aromatic rings. The summed E-state index contributed by atoms with van der Waals surface area (Å²) in [5, 5.41) is 9.91. The first-order valence-corrected chi connectivity index (χ1v) is 34.2. The van der Waals surface area contributed by atoms with Gasteiger partial charge in [0.15, 0.2) is 23.2 Å². The van der Waals surface area contributed by atoms with Crippen LogP contribution in [0.4, 0.5) is 5.69 Å². The third kappa shape index (κ3) is 9.81. The molecule has 8 heteroatoms. The lowest BCUT2D eigenvalue weighted by Gasteiger charge is -2.26. The molecule has 0 fully saturated rings. The van der Waals surface area contributed by atoms with Gasteiger partial charge >= 0.3 is 0 Å². The second-order valence-corrected chi connectivity index (χ2v) is 31.7. The third-order valence-electron chi connectivity index (χ3n) is 19.2. The van der Waals surface area contributed by atoms with Crippen molar-refractivity contribution in [3.8, 4) is 67.8 Å². The number of hydrogen-bond acceptors (Lipinski definition) is 5. The highest BCUT2D eigenvalue weighted by molar-refractivity contribution is 7.27. The summed E-state index contributed by atoms with van der Waals surface area (Å²) in [6.45, 7) is 35.6. The van der Waals surface area contributed by atoms with Gasteiger partial charge in [-0.1, -0.05) is 204 Å². The lowest BCUT2D eigenvalue weighted by Crippen LogP contribution is -2.17. The highest BCUT2D eigenvalue weighted by Crippen LogP contribution is 2.49. The van der Waals surface area contributed by atoms with Crippen molar-refractivity contribution >= 4 is 112 Å². The highest BCUT2D eigenvalue weighted by Gasteiger charge is 2.29. The van der Waals surface area contributed by atoms with Crippen LogP contribution in [0.15, 0.2) is 218 Å².